The van der Waals surface area contributed by atoms with E-state index >= 15 is 0 Å². The average molecular weight is 271 g/mol. The highest BCUT2D eigenvalue weighted by Gasteiger charge is 2.23. The quantitative estimate of drug-likeness (QED) is 0.744. The lowest BCUT2D eigenvalue weighted by Gasteiger charge is -2.16. The topological polar surface area (TPSA) is 66.4 Å². The number of ketones is 1. The summed E-state index contributed by atoms with van der Waals surface area (Å²) in [7, 11) is 0. The molecule has 1 aromatic rings. The van der Waals surface area contributed by atoms with Gasteiger partial charge in [-0.05, 0) is 31.2 Å². The van der Waals surface area contributed by atoms with Gasteiger partial charge in [0.25, 0.3) is 0 Å². The second kappa shape index (κ2) is 6.94. The first-order chi connectivity index (χ1) is 8.95. The third-order valence-electron chi connectivity index (χ3n) is 2.61. The molecule has 0 radical (unpaired) electrons. The SMILES string of the molecule is CCNC(CCC(=O)O)C(=O)c1cc(F)ccc1F. The Kier molecular flexibility index (Phi) is 5.57. The Morgan fingerprint density at radius 1 is 1.37 bits per heavy atom. The number of aliphatic carboxylic acids is 1. The van der Waals surface area contributed by atoms with E-state index in [2.05, 4.69) is 5.32 Å². The summed E-state index contributed by atoms with van der Waals surface area (Å²) >= 11 is 0. The number of rotatable bonds is 7. The molecule has 4 nitrogen and oxygen atoms in total. The van der Waals surface area contributed by atoms with Gasteiger partial charge in [-0.1, -0.05) is 6.92 Å². The van der Waals surface area contributed by atoms with Crippen molar-refractivity contribution in [1.82, 2.24) is 5.32 Å². The average Bonchev–Trinajstić information content (AvgIpc) is 2.36. The zero-order valence-corrected chi connectivity index (χ0v) is 10.5. The molecule has 0 saturated heterocycles. The Morgan fingerprint density at radius 2 is 2.05 bits per heavy atom. The lowest BCUT2D eigenvalue weighted by Crippen LogP contribution is -2.37. The van der Waals surface area contributed by atoms with Crippen LogP contribution in [0.25, 0.3) is 0 Å². The lowest BCUT2D eigenvalue weighted by molar-refractivity contribution is -0.137. The summed E-state index contributed by atoms with van der Waals surface area (Å²) in [5.41, 5.74) is -0.365. The highest BCUT2D eigenvalue weighted by molar-refractivity contribution is 6.00. The summed E-state index contributed by atoms with van der Waals surface area (Å²) in [4.78, 5) is 22.6. The summed E-state index contributed by atoms with van der Waals surface area (Å²) in [6.45, 7) is 2.16. The van der Waals surface area contributed by atoms with Crippen LogP contribution < -0.4 is 5.32 Å². The van der Waals surface area contributed by atoms with Crippen molar-refractivity contribution in [2.45, 2.75) is 25.8 Å². The number of hydrogen-bond acceptors (Lipinski definition) is 3. The molecule has 0 saturated carbocycles. The zero-order valence-electron chi connectivity index (χ0n) is 10.5. The van der Waals surface area contributed by atoms with Crippen LogP contribution in [0.3, 0.4) is 0 Å². The molecule has 6 heteroatoms. The van der Waals surface area contributed by atoms with Crippen molar-refractivity contribution in [2.75, 3.05) is 6.54 Å². The Hall–Kier alpha value is -1.82. The number of carboxylic acid groups (broad SMARTS) is 1. The van der Waals surface area contributed by atoms with Gasteiger partial charge in [0.05, 0.1) is 11.6 Å². The van der Waals surface area contributed by atoms with Crippen LogP contribution in [-0.2, 0) is 4.79 Å². The molecule has 1 unspecified atom stereocenters. The van der Waals surface area contributed by atoms with Crippen LogP contribution in [0.5, 0.6) is 0 Å². The molecule has 0 aliphatic carbocycles. The van der Waals surface area contributed by atoms with Crippen molar-refractivity contribution in [3.63, 3.8) is 0 Å². The van der Waals surface area contributed by atoms with Crippen LogP contribution >= 0.6 is 0 Å². The van der Waals surface area contributed by atoms with Crippen LogP contribution in [0.1, 0.15) is 30.1 Å². The van der Waals surface area contributed by atoms with Crippen molar-refractivity contribution in [1.29, 1.82) is 0 Å². The zero-order chi connectivity index (χ0) is 14.4. The highest BCUT2D eigenvalue weighted by atomic mass is 19.1. The van der Waals surface area contributed by atoms with Crippen molar-refractivity contribution in [3.05, 3.63) is 35.4 Å². The Labute approximate surface area is 109 Å². The van der Waals surface area contributed by atoms with E-state index in [9.17, 15) is 18.4 Å². The minimum atomic E-state index is -1.05. The van der Waals surface area contributed by atoms with Crippen LogP contribution in [0.2, 0.25) is 0 Å². The van der Waals surface area contributed by atoms with Gasteiger partial charge in [-0.15, -0.1) is 0 Å². The molecule has 0 amide bonds. The maximum absolute atomic E-state index is 13.5. The van der Waals surface area contributed by atoms with Crippen LogP contribution in [0.15, 0.2) is 18.2 Å². The highest BCUT2D eigenvalue weighted by Crippen LogP contribution is 2.14. The summed E-state index contributed by atoms with van der Waals surface area (Å²) < 4.78 is 26.5. The summed E-state index contributed by atoms with van der Waals surface area (Å²) in [5.74, 6) is -3.21. The standard InChI is InChI=1S/C13H15F2NO3/c1-2-16-11(5-6-12(17)18)13(19)9-7-8(14)3-4-10(9)15/h3-4,7,11,16H,2,5-6H2,1H3,(H,17,18). The Morgan fingerprint density at radius 3 is 2.63 bits per heavy atom. The van der Waals surface area contributed by atoms with Crippen molar-refractivity contribution >= 4 is 11.8 Å². The number of benzene rings is 1. The number of likely N-dealkylation sites (N-methyl/N-ethyl adjacent to an activating group) is 1. The number of carboxylic acids is 1. The van der Waals surface area contributed by atoms with Gasteiger partial charge < -0.3 is 10.4 Å². The largest absolute Gasteiger partial charge is 0.481 e. The molecule has 0 heterocycles. The molecule has 104 valence electrons. The molecule has 1 rings (SSSR count). The van der Waals surface area contributed by atoms with Crippen LogP contribution in [-0.4, -0.2) is 29.4 Å². The molecule has 0 aliphatic heterocycles. The molecule has 19 heavy (non-hydrogen) atoms. The van der Waals surface area contributed by atoms with E-state index in [1.165, 1.54) is 0 Å². The van der Waals surface area contributed by atoms with Gasteiger partial charge in [0.2, 0.25) is 0 Å². The molecular weight excluding hydrogens is 256 g/mol. The number of Topliss-reactive ketones (excluding diaryl/α,β-unsaturated/α-hetero) is 1. The lowest BCUT2D eigenvalue weighted by atomic mass is 9.99. The predicted octanol–water partition coefficient (Wildman–Crippen LogP) is 1.99. The molecular formula is C13H15F2NO3. The van der Waals surface area contributed by atoms with Gasteiger partial charge in [0.1, 0.15) is 11.6 Å². The first-order valence-electron chi connectivity index (χ1n) is 5.90. The molecule has 1 aromatic carbocycles. The van der Waals surface area contributed by atoms with E-state index in [-0.39, 0.29) is 18.4 Å². The number of carbonyl (C=O) groups is 2. The van der Waals surface area contributed by atoms with Crippen molar-refractivity contribution in [3.8, 4) is 0 Å². The number of carbonyl (C=O) groups excluding carboxylic acids is 1. The fourth-order valence-corrected chi connectivity index (χ4v) is 1.71. The predicted molar refractivity (Wildman–Crippen MR) is 65.0 cm³/mol. The van der Waals surface area contributed by atoms with Gasteiger partial charge in [0.15, 0.2) is 5.78 Å². The Balaban J connectivity index is 2.91. The molecule has 0 spiro atoms. The van der Waals surface area contributed by atoms with Crippen LogP contribution in [0.4, 0.5) is 8.78 Å². The van der Waals surface area contributed by atoms with Gasteiger partial charge in [0, 0.05) is 6.42 Å². The summed E-state index contributed by atoms with van der Waals surface area (Å²) in [5, 5.41) is 11.4. The second-order valence-corrected chi connectivity index (χ2v) is 4.03. The fraction of sp³-hybridized carbons (Fsp3) is 0.385. The third kappa shape index (κ3) is 4.40. The van der Waals surface area contributed by atoms with Gasteiger partial charge in [-0.3, -0.25) is 9.59 Å². The van der Waals surface area contributed by atoms with Crippen molar-refractivity contribution < 1.29 is 23.5 Å². The summed E-state index contributed by atoms with van der Waals surface area (Å²) in [6.07, 6.45) is -0.196. The Bertz CT molecular complexity index is 477. The minimum Gasteiger partial charge on any atom is -0.481 e. The number of nitrogens with one attached hydrogen (secondary N) is 1. The molecule has 2 N–H and O–H groups in total. The normalized spacial score (nSPS) is 12.2. The monoisotopic (exact) mass is 271 g/mol. The van der Waals surface area contributed by atoms with Crippen LogP contribution in [0, 0.1) is 11.6 Å². The van der Waals surface area contributed by atoms with E-state index in [4.69, 9.17) is 5.11 Å². The minimum absolute atomic E-state index is 0.0258. The van der Waals surface area contributed by atoms with E-state index < -0.39 is 29.4 Å². The van der Waals surface area contributed by atoms with E-state index in [1.807, 2.05) is 0 Å². The molecule has 0 aliphatic rings. The smallest absolute Gasteiger partial charge is 0.303 e. The molecule has 1 atom stereocenters. The third-order valence-corrected chi connectivity index (χ3v) is 2.61. The second-order valence-electron chi connectivity index (χ2n) is 4.03. The molecule has 0 aromatic heterocycles. The van der Waals surface area contributed by atoms with Gasteiger partial charge in [-0.25, -0.2) is 8.78 Å². The van der Waals surface area contributed by atoms with E-state index in [0.717, 1.165) is 18.2 Å². The number of hydrogen-bond donors (Lipinski definition) is 2. The van der Waals surface area contributed by atoms with Gasteiger partial charge in [-0.2, -0.15) is 0 Å². The first-order valence-corrected chi connectivity index (χ1v) is 5.90. The van der Waals surface area contributed by atoms with E-state index in [1.54, 1.807) is 6.92 Å². The molecule has 0 fully saturated rings. The fourth-order valence-electron chi connectivity index (χ4n) is 1.71. The van der Waals surface area contributed by atoms with Crippen molar-refractivity contribution in [2.24, 2.45) is 0 Å². The summed E-state index contributed by atoms with van der Waals surface area (Å²) in [6, 6.07) is 1.79. The van der Waals surface area contributed by atoms with Gasteiger partial charge >= 0.3 is 5.97 Å². The maximum Gasteiger partial charge on any atom is 0.303 e. The maximum atomic E-state index is 13.5. The first kappa shape index (κ1) is 15.2. The number of halogens is 2. The van der Waals surface area contributed by atoms with E-state index in [0.29, 0.717) is 6.54 Å². The molecule has 0 bridgehead atoms.